The second-order valence-electron chi connectivity index (χ2n) is 7.86. The molecule has 1 fully saturated rings. The molecule has 1 aromatic carbocycles. The molecule has 1 unspecified atom stereocenters. The van der Waals surface area contributed by atoms with Crippen LogP contribution in [0, 0.1) is 6.92 Å². The minimum atomic E-state index is -0.0278. The Bertz CT molecular complexity index is 1110. The first kappa shape index (κ1) is 18.2. The average molecular weight is 391 g/mol. The van der Waals surface area contributed by atoms with Gasteiger partial charge < -0.3 is 9.47 Å². The number of likely N-dealkylation sites (tertiary alicyclic amines) is 1. The lowest BCUT2D eigenvalue weighted by atomic mass is 10.0. The predicted octanol–water partition coefficient (Wildman–Crippen LogP) is 3.50. The zero-order chi connectivity index (χ0) is 19.8. The molecule has 0 saturated carbocycles. The smallest absolute Gasteiger partial charge is 0.258 e. The van der Waals surface area contributed by atoms with Crippen molar-refractivity contribution in [1.82, 2.24) is 14.3 Å². The molecule has 6 nitrogen and oxygen atoms in total. The van der Waals surface area contributed by atoms with E-state index >= 15 is 0 Å². The molecule has 29 heavy (non-hydrogen) atoms. The van der Waals surface area contributed by atoms with Crippen molar-refractivity contribution in [3.05, 3.63) is 69.8 Å². The van der Waals surface area contributed by atoms with Crippen LogP contribution in [0.25, 0.3) is 5.65 Å². The summed E-state index contributed by atoms with van der Waals surface area (Å²) in [5, 5.41) is 0. The molecule has 2 aliphatic rings. The van der Waals surface area contributed by atoms with E-state index in [0.29, 0.717) is 25.8 Å². The van der Waals surface area contributed by atoms with E-state index in [0.717, 1.165) is 54.2 Å². The molecule has 3 aromatic rings. The number of nitrogens with zero attached hydrogens (tertiary/aromatic N) is 3. The molecule has 1 atom stereocenters. The number of hydrogen-bond donors (Lipinski definition) is 0. The molecule has 0 bridgehead atoms. The van der Waals surface area contributed by atoms with E-state index in [1.165, 1.54) is 5.56 Å². The third-order valence-electron chi connectivity index (χ3n) is 5.82. The fraction of sp³-hybridized carbons (Fsp3) is 0.391. The lowest BCUT2D eigenvalue weighted by Gasteiger charge is -2.25. The lowest BCUT2D eigenvalue weighted by molar-refractivity contribution is 0.244. The Morgan fingerprint density at radius 2 is 1.97 bits per heavy atom. The maximum atomic E-state index is 12.5. The molecule has 6 heteroatoms. The number of fused-ring (bicyclic) bond motifs is 2. The van der Waals surface area contributed by atoms with Crippen molar-refractivity contribution in [3.8, 4) is 11.5 Å². The van der Waals surface area contributed by atoms with Crippen molar-refractivity contribution in [2.75, 3.05) is 19.8 Å². The Labute approximate surface area is 169 Å². The number of pyridine rings is 1. The topological polar surface area (TPSA) is 56.1 Å². The summed E-state index contributed by atoms with van der Waals surface area (Å²) in [5.41, 5.74) is 3.78. The van der Waals surface area contributed by atoms with Gasteiger partial charge in [0, 0.05) is 31.3 Å². The first-order chi connectivity index (χ1) is 14.2. The predicted molar refractivity (Wildman–Crippen MR) is 111 cm³/mol. The minimum Gasteiger partial charge on any atom is -0.490 e. The molecular weight excluding hydrogens is 366 g/mol. The van der Waals surface area contributed by atoms with Crippen LogP contribution in [0.3, 0.4) is 0 Å². The summed E-state index contributed by atoms with van der Waals surface area (Å²) < 4.78 is 13.3. The molecule has 1 saturated heterocycles. The summed E-state index contributed by atoms with van der Waals surface area (Å²) in [6.07, 6.45) is 4.90. The average Bonchev–Trinajstić information content (AvgIpc) is 3.04. The van der Waals surface area contributed by atoms with Crippen LogP contribution in [0.5, 0.6) is 11.5 Å². The number of benzene rings is 1. The van der Waals surface area contributed by atoms with E-state index < -0.39 is 0 Å². The standard InChI is InChI=1S/C23H25N3O3/c1-16-5-2-10-26-22(27)14-18(24-23(16)26)15-25-9-3-6-19(25)17-7-8-20-21(13-17)29-12-4-11-28-20/h2,5,7-8,10,13-14,19H,3-4,6,9,11-12,15H2,1H3. The first-order valence-corrected chi connectivity index (χ1v) is 10.3. The van der Waals surface area contributed by atoms with Crippen LogP contribution < -0.4 is 15.0 Å². The number of hydrogen-bond acceptors (Lipinski definition) is 5. The Morgan fingerprint density at radius 1 is 1.10 bits per heavy atom. The molecular formula is C23H25N3O3. The van der Waals surface area contributed by atoms with Crippen LogP contribution >= 0.6 is 0 Å². The molecule has 0 aliphatic carbocycles. The number of aryl methyl sites for hydroxylation is 1. The van der Waals surface area contributed by atoms with Crippen LogP contribution in [-0.2, 0) is 6.54 Å². The van der Waals surface area contributed by atoms with Gasteiger partial charge in [-0.15, -0.1) is 0 Å². The first-order valence-electron chi connectivity index (χ1n) is 10.3. The van der Waals surface area contributed by atoms with Crippen molar-refractivity contribution < 1.29 is 9.47 Å². The maximum absolute atomic E-state index is 12.5. The van der Waals surface area contributed by atoms with Gasteiger partial charge in [-0.3, -0.25) is 14.1 Å². The van der Waals surface area contributed by atoms with E-state index in [2.05, 4.69) is 17.0 Å². The van der Waals surface area contributed by atoms with Crippen molar-refractivity contribution >= 4 is 5.65 Å². The van der Waals surface area contributed by atoms with Crippen molar-refractivity contribution in [2.24, 2.45) is 0 Å². The quantitative estimate of drug-likeness (QED) is 0.684. The Balaban J connectivity index is 1.43. The number of aromatic nitrogens is 2. The molecule has 0 N–H and O–H groups in total. The van der Waals surface area contributed by atoms with Gasteiger partial charge in [0.25, 0.3) is 5.56 Å². The molecule has 150 valence electrons. The highest BCUT2D eigenvalue weighted by molar-refractivity contribution is 5.47. The van der Waals surface area contributed by atoms with Crippen LogP contribution in [0.15, 0.2) is 47.4 Å². The molecule has 2 aliphatic heterocycles. The largest absolute Gasteiger partial charge is 0.490 e. The van der Waals surface area contributed by atoms with Gasteiger partial charge in [0.15, 0.2) is 11.5 Å². The summed E-state index contributed by atoms with van der Waals surface area (Å²) in [6.45, 7) is 5.04. The van der Waals surface area contributed by atoms with Gasteiger partial charge in [0.2, 0.25) is 0 Å². The zero-order valence-electron chi connectivity index (χ0n) is 16.6. The molecule has 0 amide bonds. The highest BCUT2D eigenvalue weighted by Gasteiger charge is 2.27. The molecule has 0 spiro atoms. The van der Waals surface area contributed by atoms with Crippen LogP contribution in [0.1, 0.15) is 42.1 Å². The maximum Gasteiger partial charge on any atom is 0.258 e. The summed E-state index contributed by atoms with van der Waals surface area (Å²) in [5.74, 6) is 1.67. The van der Waals surface area contributed by atoms with E-state index in [9.17, 15) is 4.79 Å². The Hall–Kier alpha value is -2.86. The molecule has 0 radical (unpaired) electrons. The van der Waals surface area contributed by atoms with Gasteiger partial charge in [0.1, 0.15) is 5.65 Å². The Morgan fingerprint density at radius 3 is 2.86 bits per heavy atom. The summed E-state index contributed by atoms with van der Waals surface area (Å²) >= 11 is 0. The molecule has 4 heterocycles. The van der Waals surface area contributed by atoms with Crippen molar-refractivity contribution in [1.29, 1.82) is 0 Å². The fourth-order valence-electron chi connectivity index (χ4n) is 4.38. The monoisotopic (exact) mass is 391 g/mol. The SMILES string of the molecule is Cc1cccn2c(=O)cc(CN3CCCC3c3ccc4c(c3)OCCCO4)nc12. The van der Waals surface area contributed by atoms with Gasteiger partial charge in [-0.1, -0.05) is 12.1 Å². The third kappa shape index (κ3) is 3.49. The van der Waals surface area contributed by atoms with Gasteiger partial charge >= 0.3 is 0 Å². The zero-order valence-corrected chi connectivity index (χ0v) is 16.6. The highest BCUT2D eigenvalue weighted by atomic mass is 16.5. The highest BCUT2D eigenvalue weighted by Crippen LogP contribution is 2.38. The third-order valence-corrected chi connectivity index (χ3v) is 5.82. The van der Waals surface area contributed by atoms with Gasteiger partial charge in [0.05, 0.1) is 18.9 Å². The van der Waals surface area contributed by atoms with Crippen LogP contribution in [-0.4, -0.2) is 34.0 Å². The summed E-state index contributed by atoms with van der Waals surface area (Å²) in [6, 6.07) is 12.1. The van der Waals surface area contributed by atoms with Crippen molar-refractivity contribution in [2.45, 2.75) is 38.8 Å². The van der Waals surface area contributed by atoms with E-state index in [1.54, 1.807) is 16.7 Å². The lowest BCUT2D eigenvalue weighted by Crippen LogP contribution is -2.25. The number of rotatable bonds is 3. The van der Waals surface area contributed by atoms with Gasteiger partial charge in [-0.25, -0.2) is 4.98 Å². The second-order valence-corrected chi connectivity index (χ2v) is 7.86. The summed E-state index contributed by atoms with van der Waals surface area (Å²) in [4.78, 5) is 19.7. The molecule has 2 aromatic heterocycles. The van der Waals surface area contributed by atoms with Crippen LogP contribution in [0.4, 0.5) is 0 Å². The van der Waals surface area contributed by atoms with Gasteiger partial charge in [-0.2, -0.15) is 0 Å². The molecule has 5 rings (SSSR count). The summed E-state index contributed by atoms with van der Waals surface area (Å²) in [7, 11) is 0. The Kier molecular flexibility index (Phi) is 4.72. The fourth-order valence-corrected chi connectivity index (χ4v) is 4.38. The normalized spacial score (nSPS) is 19.4. The van der Waals surface area contributed by atoms with Crippen LogP contribution in [0.2, 0.25) is 0 Å². The van der Waals surface area contributed by atoms with E-state index in [4.69, 9.17) is 14.5 Å². The number of ether oxygens (including phenoxy) is 2. The van der Waals surface area contributed by atoms with Crippen molar-refractivity contribution in [3.63, 3.8) is 0 Å². The van der Waals surface area contributed by atoms with E-state index in [1.807, 2.05) is 25.1 Å². The van der Waals surface area contributed by atoms with E-state index in [-0.39, 0.29) is 5.56 Å². The minimum absolute atomic E-state index is 0.0278. The van der Waals surface area contributed by atoms with Gasteiger partial charge in [-0.05, 0) is 55.6 Å². The second kappa shape index (κ2) is 7.52.